The third-order valence-electron chi connectivity index (χ3n) is 2.67. The first-order valence-corrected chi connectivity index (χ1v) is 4.76. The maximum atomic E-state index is 11.4. The van der Waals surface area contributed by atoms with Gasteiger partial charge in [0.2, 0.25) is 0 Å². The third kappa shape index (κ3) is 1.79. The second-order valence-corrected chi connectivity index (χ2v) is 3.78. The molecular formula is C10H14N2O. The molecule has 0 radical (unpaired) electrons. The Labute approximate surface area is 77.7 Å². The van der Waals surface area contributed by atoms with Crippen molar-refractivity contribution in [1.29, 1.82) is 0 Å². The third-order valence-corrected chi connectivity index (χ3v) is 2.67. The monoisotopic (exact) mass is 178 g/mol. The number of nitrogens with zero attached hydrogens (tertiary/aromatic N) is 2. The van der Waals surface area contributed by atoms with E-state index in [2.05, 4.69) is 5.10 Å². The molecule has 0 aromatic carbocycles. The molecule has 1 unspecified atom stereocenters. The topological polar surface area (TPSA) is 34.9 Å². The van der Waals surface area contributed by atoms with E-state index < -0.39 is 0 Å². The summed E-state index contributed by atoms with van der Waals surface area (Å²) in [6.45, 7) is 0. The van der Waals surface area contributed by atoms with E-state index >= 15 is 0 Å². The number of carbonyl (C=O) groups is 1. The molecule has 3 heteroatoms. The maximum Gasteiger partial charge on any atom is 0.136 e. The average molecular weight is 178 g/mol. The summed E-state index contributed by atoms with van der Waals surface area (Å²) in [5.74, 6) is 0.702. The van der Waals surface area contributed by atoms with Gasteiger partial charge in [-0.1, -0.05) is 0 Å². The van der Waals surface area contributed by atoms with Gasteiger partial charge in [0.05, 0.1) is 6.20 Å². The summed E-state index contributed by atoms with van der Waals surface area (Å²) in [7, 11) is 1.90. The number of hydrogen-bond donors (Lipinski definition) is 0. The smallest absolute Gasteiger partial charge is 0.136 e. The lowest BCUT2D eigenvalue weighted by Crippen LogP contribution is -2.08. The van der Waals surface area contributed by atoms with Crippen LogP contribution in [0.5, 0.6) is 0 Å². The molecule has 0 saturated heterocycles. The van der Waals surface area contributed by atoms with E-state index in [0.717, 1.165) is 25.7 Å². The molecule has 1 atom stereocenters. The average Bonchev–Trinajstić information content (AvgIpc) is 2.64. The van der Waals surface area contributed by atoms with E-state index in [9.17, 15) is 4.79 Å². The molecule has 1 aromatic rings. The molecular weight excluding hydrogens is 164 g/mol. The van der Waals surface area contributed by atoms with Crippen LogP contribution in [0.2, 0.25) is 0 Å². The molecule has 0 spiro atoms. The number of carbonyl (C=O) groups excluding carboxylic acids is 1. The molecule has 1 aliphatic rings. The first-order valence-electron chi connectivity index (χ1n) is 4.76. The van der Waals surface area contributed by atoms with Crippen LogP contribution in [0.1, 0.15) is 24.8 Å². The summed E-state index contributed by atoms with van der Waals surface area (Å²) in [5, 5.41) is 4.09. The van der Waals surface area contributed by atoms with Crippen molar-refractivity contribution in [3.63, 3.8) is 0 Å². The summed E-state index contributed by atoms with van der Waals surface area (Å²) in [5.41, 5.74) is 1.18. The first-order chi connectivity index (χ1) is 6.25. The quantitative estimate of drug-likeness (QED) is 0.684. The van der Waals surface area contributed by atoms with Crippen LogP contribution >= 0.6 is 0 Å². The highest BCUT2D eigenvalue weighted by Gasteiger charge is 2.24. The van der Waals surface area contributed by atoms with Crippen molar-refractivity contribution in [3.05, 3.63) is 18.0 Å². The lowest BCUT2D eigenvalue weighted by atomic mass is 9.99. The second-order valence-electron chi connectivity index (χ2n) is 3.78. The highest BCUT2D eigenvalue weighted by Crippen LogP contribution is 2.24. The molecule has 1 fully saturated rings. The van der Waals surface area contributed by atoms with Crippen molar-refractivity contribution < 1.29 is 4.79 Å². The fraction of sp³-hybridized carbons (Fsp3) is 0.600. The Morgan fingerprint density at radius 1 is 1.69 bits per heavy atom. The minimum atomic E-state index is 0.268. The highest BCUT2D eigenvalue weighted by atomic mass is 16.1. The molecule has 0 bridgehead atoms. The van der Waals surface area contributed by atoms with Crippen molar-refractivity contribution in [2.45, 2.75) is 25.7 Å². The van der Waals surface area contributed by atoms with Crippen LogP contribution in [0.4, 0.5) is 0 Å². The van der Waals surface area contributed by atoms with E-state index in [0.29, 0.717) is 5.78 Å². The summed E-state index contributed by atoms with van der Waals surface area (Å²) < 4.78 is 1.79. The fourth-order valence-corrected chi connectivity index (χ4v) is 1.97. The van der Waals surface area contributed by atoms with E-state index in [4.69, 9.17) is 0 Å². The van der Waals surface area contributed by atoms with Gasteiger partial charge in [0, 0.05) is 25.6 Å². The van der Waals surface area contributed by atoms with Gasteiger partial charge in [0.1, 0.15) is 5.78 Å². The zero-order valence-corrected chi connectivity index (χ0v) is 7.86. The van der Waals surface area contributed by atoms with Crippen molar-refractivity contribution in [1.82, 2.24) is 9.78 Å². The van der Waals surface area contributed by atoms with Crippen LogP contribution in [0.15, 0.2) is 12.4 Å². The number of ketones is 1. The zero-order valence-electron chi connectivity index (χ0n) is 7.86. The van der Waals surface area contributed by atoms with Gasteiger partial charge < -0.3 is 0 Å². The minimum absolute atomic E-state index is 0.268. The van der Waals surface area contributed by atoms with E-state index in [1.165, 1.54) is 5.56 Å². The molecule has 1 aromatic heterocycles. The Morgan fingerprint density at radius 3 is 3.08 bits per heavy atom. The predicted octanol–water partition coefficient (Wildman–Crippen LogP) is 1.33. The second kappa shape index (κ2) is 3.32. The van der Waals surface area contributed by atoms with Crippen molar-refractivity contribution in [2.24, 2.45) is 13.0 Å². The number of aromatic nitrogens is 2. The van der Waals surface area contributed by atoms with Crippen LogP contribution in [0.25, 0.3) is 0 Å². The Morgan fingerprint density at radius 2 is 2.54 bits per heavy atom. The molecule has 13 heavy (non-hydrogen) atoms. The van der Waals surface area contributed by atoms with Gasteiger partial charge in [-0.2, -0.15) is 5.10 Å². The Balaban J connectivity index is 2.01. The predicted molar refractivity (Wildman–Crippen MR) is 49.3 cm³/mol. The molecule has 1 saturated carbocycles. The van der Waals surface area contributed by atoms with Crippen molar-refractivity contribution >= 4 is 5.78 Å². The molecule has 70 valence electrons. The van der Waals surface area contributed by atoms with E-state index in [1.54, 1.807) is 4.68 Å². The Hall–Kier alpha value is -1.12. The Kier molecular flexibility index (Phi) is 2.17. The summed E-state index contributed by atoms with van der Waals surface area (Å²) >= 11 is 0. The lowest BCUT2D eigenvalue weighted by molar-refractivity contribution is -0.120. The summed E-state index contributed by atoms with van der Waals surface area (Å²) in [6, 6.07) is 0. The van der Waals surface area contributed by atoms with Crippen LogP contribution in [-0.2, 0) is 18.3 Å². The molecule has 2 rings (SSSR count). The van der Waals surface area contributed by atoms with Gasteiger partial charge >= 0.3 is 0 Å². The number of rotatable bonds is 2. The van der Waals surface area contributed by atoms with Crippen LogP contribution < -0.4 is 0 Å². The van der Waals surface area contributed by atoms with Crippen LogP contribution in [0.3, 0.4) is 0 Å². The summed E-state index contributed by atoms with van der Waals surface area (Å²) in [6.07, 6.45) is 7.65. The van der Waals surface area contributed by atoms with E-state index in [1.807, 2.05) is 19.4 Å². The normalized spacial score (nSPS) is 22.5. The SMILES string of the molecule is Cn1cc(CC2CCCC2=O)cn1. The number of Topliss-reactive ketones (excluding diaryl/α,β-unsaturated/α-hetero) is 1. The number of aryl methyl sites for hydroxylation is 1. The number of hydrogen-bond acceptors (Lipinski definition) is 2. The summed E-state index contributed by atoms with van der Waals surface area (Å²) in [4.78, 5) is 11.4. The van der Waals surface area contributed by atoms with Gasteiger partial charge in [-0.3, -0.25) is 9.48 Å². The standard InChI is InChI=1S/C10H14N2O/c1-12-7-8(6-11-12)5-9-3-2-4-10(9)13/h6-7,9H,2-5H2,1H3. The molecule has 1 heterocycles. The van der Waals surface area contributed by atoms with Crippen LogP contribution in [-0.4, -0.2) is 15.6 Å². The van der Waals surface area contributed by atoms with Gasteiger partial charge in [0.25, 0.3) is 0 Å². The first kappa shape index (κ1) is 8.48. The lowest BCUT2D eigenvalue weighted by Gasteiger charge is -2.03. The maximum absolute atomic E-state index is 11.4. The largest absolute Gasteiger partial charge is 0.299 e. The molecule has 0 N–H and O–H groups in total. The van der Waals surface area contributed by atoms with Gasteiger partial charge in [-0.25, -0.2) is 0 Å². The molecule has 0 aliphatic heterocycles. The minimum Gasteiger partial charge on any atom is -0.299 e. The Bertz CT molecular complexity index is 316. The van der Waals surface area contributed by atoms with Crippen molar-refractivity contribution in [2.75, 3.05) is 0 Å². The molecule has 0 amide bonds. The van der Waals surface area contributed by atoms with Gasteiger partial charge in [0.15, 0.2) is 0 Å². The van der Waals surface area contributed by atoms with Gasteiger partial charge in [-0.15, -0.1) is 0 Å². The molecule has 1 aliphatic carbocycles. The zero-order chi connectivity index (χ0) is 9.26. The highest BCUT2D eigenvalue weighted by molar-refractivity contribution is 5.83. The molecule has 3 nitrogen and oxygen atoms in total. The van der Waals surface area contributed by atoms with Gasteiger partial charge in [-0.05, 0) is 24.8 Å². The van der Waals surface area contributed by atoms with Crippen molar-refractivity contribution in [3.8, 4) is 0 Å². The van der Waals surface area contributed by atoms with E-state index in [-0.39, 0.29) is 5.92 Å². The van der Waals surface area contributed by atoms with Crippen LogP contribution in [0, 0.1) is 5.92 Å². The fourth-order valence-electron chi connectivity index (χ4n) is 1.97.